The van der Waals surface area contributed by atoms with Gasteiger partial charge in [-0.05, 0) is 37.2 Å². The van der Waals surface area contributed by atoms with E-state index in [1.165, 1.54) is 0 Å². The van der Waals surface area contributed by atoms with E-state index in [2.05, 4.69) is 45.7 Å². The molecule has 0 aliphatic carbocycles. The lowest BCUT2D eigenvalue weighted by Crippen LogP contribution is -2.39. The minimum Gasteiger partial charge on any atom is -0.427 e. The highest BCUT2D eigenvalue weighted by atomic mass is 79.9. The second kappa shape index (κ2) is 8.08. The molecule has 0 aliphatic heterocycles. The van der Waals surface area contributed by atoms with Gasteiger partial charge in [0.05, 0.1) is 6.61 Å². The molecule has 2 aromatic rings. The highest BCUT2D eigenvalue weighted by Gasteiger charge is 2.22. The van der Waals surface area contributed by atoms with Gasteiger partial charge in [-0.2, -0.15) is 5.10 Å². The third-order valence-electron chi connectivity index (χ3n) is 3.29. The Morgan fingerprint density at radius 2 is 1.91 bits per heavy atom. The van der Waals surface area contributed by atoms with Crippen LogP contribution in [0, 0.1) is 0 Å². The van der Waals surface area contributed by atoms with Gasteiger partial charge in [0, 0.05) is 29.7 Å². The van der Waals surface area contributed by atoms with Crippen LogP contribution in [-0.4, -0.2) is 31.4 Å². The molecule has 1 N–H and O–H groups in total. The summed E-state index contributed by atoms with van der Waals surface area (Å²) in [7, 11) is -1.07. The molecule has 0 bridgehead atoms. The van der Waals surface area contributed by atoms with Gasteiger partial charge < -0.3 is 9.47 Å². The molecule has 0 spiro atoms. The Morgan fingerprint density at radius 1 is 1.22 bits per heavy atom. The molecule has 1 heterocycles. The first-order valence-corrected chi connectivity index (χ1v) is 12.4. The average molecular weight is 399 g/mol. The van der Waals surface area contributed by atoms with Crippen LogP contribution in [0.2, 0.25) is 25.7 Å². The SMILES string of the molecule is CCOc1nc(-c2ccc(Br)cc2)[nH][n+]1COCC[Si](C)(C)C. The predicted molar refractivity (Wildman–Crippen MR) is 97.2 cm³/mol. The van der Waals surface area contributed by atoms with Crippen molar-refractivity contribution >= 4 is 24.0 Å². The maximum atomic E-state index is 5.79. The van der Waals surface area contributed by atoms with Crippen LogP contribution in [0.15, 0.2) is 28.7 Å². The van der Waals surface area contributed by atoms with Crippen molar-refractivity contribution in [3.05, 3.63) is 28.7 Å². The standard InChI is InChI=1S/C16H24BrN3O2Si/c1-5-22-16-18-15(13-6-8-14(17)9-7-13)19-20(16)12-21-10-11-23(2,3)4/h6-9H,5,10-12H2,1-4H3/p+1. The summed E-state index contributed by atoms with van der Waals surface area (Å²) in [6.45, 7) is 10.7. The topological polar surface area (TPSA) is 51.0 Å². The van der Waals surface area contributed by atoms with Crippen LogP contribution in [0.3, 0.4) is 0 Å². The van der Waals surface area contributed by atoms with Crippen molar-refractivity contribution in [1.29, 1.82) is 0 Å². The van der Waals surface area contributed by atoms with Crippen LogP contribution in [0.25, 0.3) is 11.4 Å². The lowest BCUT2D eigenvalue weighted by atomic mass is 10.2. The Morgan fingerprint density at radius 3 is 2.52 bits per heavy atom. The Bertz CT molecular complexity index is 623. The molecule has 126 valence electrons. The number of H-pyrrole nitrogens is 1. The molecule has 0 radical (unpaired) electrons. The molecule has 7 heteroatoms. The molecule has 1 aromatic carbocycles. The van der Waals surface area contributed by atoms with Crippen LogP contribution in [0.4, 0.5) is 0 Å². The fourth-order valence-electron chi connectivity index (χ4n) is 1.95. The predicted octanol–water partition coefficient (Wildman–Crippen LogP) is 3.84. The Balaban J connectivity index is 2.07. The van der Waals surface area contributed by atoms with E-state index >= 15 is 0 Å². The molecular formula is C16H25BrN3O2Si+. The number of benzene rings is 1. The lowest BCUT2D eigenvalue weighted by Gasteiger charge is -2.14. The summed E-state index contributed by atoms with van der Waals surface area (Å²) in [6.07, 6.45) is 0. The third-order valence-corrected chi connectivity index (χ3v) is 5.52. The number of rotatable bonds is 8. The zero-order chi connectivity index (χ0) is 16.9. The first-order chi connectivity index (χ1) is 10.9. The number of hydrogen-bond acceptors (Lipinski definition) is 3. The Hall–Kier alpha value is -1.18. The molecule has 23 heavy (non-hydrogen) atoms. The molecule has 2 rings (SSSR count). The van der Waals surface area contributed by atoms with Crippen LogP contribution in [-0.2, 0) is 11.5 Å². The quantitative estimate of drug-likeness (QED) is 0.417. The van der Waals surface area contributed by atoms with Crippen molar-refractivity contribution in [2.24, 2.45) is 0 Å². The molecule has 1 aromatic heterocycles. The van der Waals surface area contributed by atoms with Crippen molar-refractivity contribution in [3.63, 3.8) is 0 Å². The van der Waals surface area contributed by atoms with E-state index in [1.54, 1.807) is 0 Å². The number of nitrogens with zero attached hydrogens (tertiary/aromatic N) is 2. The number of nitrogens with one attached hydrogen (secondary N) is 1. The van der Waals surface area contributed by atoms with Gasteiger partial charge in [0.1, 0.15) is 0 Å². The summed E-state index contributed by atoms with van der Waals surface area (Å²) in [5, 5.41) is 3.25. The summed E-state index contributed by atoms with van der Waals surface area (Å²) < 4.78 is 14.2. The highest BCUT2D eigenvalue weighted by molar-refractivity contribution is 9.10. The first kappa shape index (κ1) is 18.2. The monoisotopic (exact) mass is 398 g/mol. The summed E-state index contributed by atoms with van der Waals surface area (Å²) in [5.41, 5.74) is 1.01. The minimum atomic E-state index is -1.07. The molecule has 0 atom stereocenters. The van der Waals surface area contributed by atoms with Crippen molar-refractivity contribution in [2.75, 3.05) is 13.2 Å². The molecule has 0 unspecified atom stereocenters. The number of ether oxygens (including phenoxy) is 2. The summed E-state index contributed by atoms with van der Waals surface area (Å²) >= 11 is 3.44. The van der Waals surface area contributed by atoms with Crippen molar-refractivity contribution in [2.45, 2.75) is 39.3 Å². The number of aromatic amines is 1. The number of halogens is 1. The maximum absolute atomic E-state index is 5.79. The first-order valence-electron chi connectivity index (χ1n) is 7.85. The lowest BCUT2D eigenvalue weighted by molar-refractivity contribution is -0.785. The molecule has 5 nitrogen and oxygen atoms in total. The highest BCUT2D eigenvalue weighted by Crippen LogP contribution is 2.19. The van der Waals surface area contributed by atoms with Gasteiger partial charge in [-0.25, -0.2) is 0 Å². The number of hydrogen-bond donors (Lipinski definition) is 1. The molecule has 0 saturated heterocycles. The molecule has 0 fully saturated rings. The van der Waals surface area contributed by atoms with E-state index in [-0.39, 0.29) is 0 Å². The second-order valence-electron chi connectivity index (χ2n) is 6.57. The van der Waals surface area contributed by atoms with Gasteiger partial charge in [0.25, 0.3) is 5.82 Å². The Labute approximate surface area is 147 Å². The fourth-order valence-corrected chi connectivity index (χ4v) is 2.98. The summed E-state index contributed by atoms with van der Waals surface area (Å²) in [6, 6.07) is 9.70. The van der Waals surface area contributed by atoms with E-state index in [4.69, 9.17) is 9.47 Å². The molecular weight excluding hydrogens is 374 g/mol. The smallest absolute Gasteiger partial charge is 0.427 e. The Kier molecular flexibility index (Phi) is 6.38. The van der Waals surface area contributed by atoms with Gasteiger partial charge in [0.2, 0.25) is 6.73 Å². The van der Waals surface area contributed by atoms with Gasteiger partial charge in [0.15, 0.2) is 0 Å². The fraction of sp³-hybridized carbons (Fsp3) is 0.500. The van der Waals surface area contributed by atoms with Gasteiger partial charge in [-0.15, -0.1) is 0 Å². The zero-order valence-electron chi connectivity index (χ0n) is 14.2. The van der Waals surface area contributed by atoms with Crippen molar-refractivity contribution in [1.82, 2.24) is 10.1 Å². The van der Waals surface area contributed by atoms with Crippen molar-refractivity contribution < 1.29 is 14.2 Å². The van der Waals surface area contributed by atoms with Gasteiger partial charge in [-0.3, -0.25) is 0 Å². The summed E-state index contributed by atoms with van der Waals surface area (Å²) in [4.78, 5) is 4.53. The van der Waals surface area contributed by atoms with E-state index in [9.17, 15) is 0 Å². The van der Waals surface area contributed by atoms with Crippen LogP contribution < -0.4 is 9.42 Å². The molecule has 0 amide bonds. The van der Waals surface area contributed by atoms with E-state index in [0.717, 1.165) is 28.5 Å². The van der Waals surface area contributed by atoms with Gasteiger partial charge >= 0.3 is 6.01 Å². The van der Waals surface area contributed by atoms with Crippen molar-refractivity contribution in [3.8, 4) is 17.4 Å². The van der Waals surface area contributed by atoms with E-state index < -0.39 is 8.07 Å². The summed E-state index contributed by atoms with van der Waals surface area (Å²) in [5.74, 6) is 0.773. The number of aromatic nitrogens is 3. The molecule has 0 aliphatic rings. The average Bonchev–Trinajstić information content (AvgIpc) is 2.87. The largest absolute Gasteiger partial charge is 0.522 e. The van der Waals surface area contributed by atoms with E-state index in [1.807, 2.05) is 35.9 Å². The maximum Gasteiger partial charge on any atom is 0.522 e. The van der Waals surface area contributed by atoms with Gasteiger partial charge in [-0.1, -0.05) is 40.3 Å². The zero-order valence-corrected chi connectivity index (χ0v) is 16.8. The van der Waals surface area contributed by atoms with E-state index in [0.29, 0.717) is 19.3 Å². The second-order valence-corrected chi connectivity index (χ2v) is 13.1. The minimum absolute atomic E-state index is 0.420. The molecule has 0 saturated carbocycles. The van der Waals surface area contributed by atoms with Crippen LogP contribution in [0.5, 0.6) is 6.01 Å². The normalized spacial score (nSPS) is 11.7. The van der Waals surface area contributed by atoms with Crippen LogP contribution >= 0.6 is 15.9 Å². The van der Waals surface area contributed by atoms with Crippen LogP contribution in [0.1, 0.15) is 6.92 Å². The third kappa shape index (κ3) is 5.75.